The van der Waals surface area contributed by atoms with Crippen molar-refractivity contribution in [1.29, 1.82) is 0 Å². The first-order valence-electron chi connectivity index (χ1n) is 6.86. The van der Waals surface area contributed by atoms with Crippen LogP contribution in [0, 0.1) is 0 Å². The van der Waals surface area contributed by atoms with E-state index >= 15 is 0 Å². The molecule has 0 unspecified atom stereocenters. The molecule has 0 bridgehead atoms. The van der Waals surface area contributed by atoms with Gasteiger partial charge in [0.2, 0.25) is 10.0 Å². The van der Waals surface area contributed by atoms with Crippen molar-refractivity contribution in [3.8, 4) is 11.1 Å². The highest BCUT2D eigenvalue weighted by atomic mass is 32.2. The normalized spacial score (nSPS) is 12.4. The smallest absolute Gasteiger partial charge is 0.356 e. The van der Waals surface area contributed by atoms with Crippen LogP contribution in [0.15, 0.2) is 41.4 Å². The van der Waals surface area contributed by atoms with Crippen LogP contribution in [0.25, 0.3) is 11.1 Å². The minimum atomic E-state index is -4.21. The van der Waals surface area contributed by atoms with Crippen LogP contribution in [0.4, 0.5) is 0 Å². The average molecular weight is 387 g/mol. The second-order valence-corrected chi connectivity index (χ2v) is 8.80. The van der Waals surface area contributed by atoms with Crippen molar-refractivity contribution < 1.29 is 26.4 Å². The van der Waals surface area contributed by atoms with Crippen LogP contribution in [0.5, 0.6) is 0 Å². The molecule has 2 N–H and O–H groups in total. The standard InChI is InChI=1S/C14H17N3O6S2/c1-16(2)24(19,20)11-6-4-10(5-7-11)12-8-9-17(25(15,21)22)13(12)14(18)23-3/h4-9H,1-3H3,(H2,15,21,22). The van der Waals surface area contributed by atoms with Gasteiger partial charge in [0, 0.05) is 25.9 Å². The predicted octanol–water partition coefficient (Wildman–Crippen LogP) is 0.244. The molecule has 1 aromatic heterocycles. The van der Waals surface area contributed by atoms with Gasteiger partial charge in [-0.1, -0.05) is 12.1 Å². The number of hydrogen-bond acceptors (Lipinski definition) is 6. The Morgan fingerprint density at radius 3 is 2.08 bits per heavy atom. The third kappa shape index (κ3) is 3.58. The van der Waals surface area contributed by atoms with Gasteiger partial charge in [-0.05, 0) is 23.8 Å². The molecule has 0 aliphatic carbocycles. The highest BCUT2D eigenvalue weighted by molar-refractivity contribution is 7.89. The van der Waals surface area contributed by atoms with E-state index < -0.39 is 26.2 Å². The largest absolute Gasteiger partial charge is 0.464 e. The Morgan fingerprint density at radius 1 is 1.08 bits per heavy atom. The van der Waals surface area contributed by atoms with Gasteiger partial charge < -0.3 is 4.74 Å². The average Bonchev–Trinajstić information content (AvgIpc) is 2.99. The van der Waals surface area contributed by atoms with E-state index in [1.807, 2.05) is 0 Å². The molecule has 0 aliphatic heterocycles. The minimum absolute atomic E-state index is 0.0618. The van der Waals surface area contributed by atoms with Gasteiger partial charge in [0.15, 0.2) is 5.69 Å². The molecule has 25 heavy (non-hydrogen) atoms. The van der Waals surface area contributed by atoms with Crippen LogP contribution in [0.1, 0.15) is 10.5 Å². The summed E-state index contributed by atoms with van der Waals surface area (Å²) < 4.78 is 53.7. The molecule has 0 saturated carbocycles. The number of ether oxygens (including phenoxy) is 1. The quantitative estimate of drug-likeness (QED) is 0.732. The zero-order valence-corrected chi connectivity index (χ0v) is 15.3. The molecule has 0 radical (unpaired) electrons. The Kier molecular flexibility index (Phi) is 5.04. The Labute approximate surface area is 145 Å². The van der Waals surface area contributed by atoms with Crippen LogP contribution in [-0.2, 0) is 25.0 Å². The number of carbonyl (C=O) groups excluding carboxylic acids is 1. The topological polar surface area (TPSA) is 129 Å². The lowest BCUT2D eigenvalue weighted by molar-refractivity contribution is 0.0593. The van der Waals surface area contributed by atoms with Crippen LogP contribution in [0.3, 0.4) is 0 Å². The number of nitrogens with zero attached hydrogens (tertiary/aromatic N) is 2. The number of hydrogen-bond donors (Lipinski definition) is 1. The predicted molar refractivity (Wildman–Crippen MR) is 90.6 cm³/mol. The van der Waals surface area contributed by atoms with E-state index in [2.05, 4.69) is 4.74 Å². The molecule has 0 fully saturated rings. The maximum atomic E-state index is 12.1. The third-order valence-corrected chi connectivity index (χ3v) is 6.13. The van der Waals surface area contributed by atoms with E-state index in [9.17, 15) is 21.6 Å². The van der Waals surface area contributed by atoms with E-state index in [1.54, 1.807) is 0 Å². The lowest BCUT2D eigenvalue weighted by atomic mass is 10.1. The summed E-state index contributed by atoms with van der Waals surface area (Å²) in [6.45, 7) is 0. The number of aromatic nitrogens is 1. The molecule has 1 heterocycles. The van der Waals surface area contributed by atoms with Crippen molar-refractivity contribution in [2.45, 2.75) is 4.90 Å². The van der Waals surface area contributed by atoms with Crippen LogP contribution >= 0.6 is 0 Å². The van der Waals surface area contributed by atoms with Gasteiger partial charge in [0.05, 0.1) is 12.0 Å². The molecule has 11 heteroatoms. The van der Waals surface area contributed by atoms with Crippen molar-refractivity contribution in [3.05, 3.63) is 42.2 Å². The highest BCUT2D eigenvalue weighted by Gasteiger charge is 2.24. The van der Waals surface area contributed by atoms with Crippen LogP contribution < -0.4 is 5.14 Å². The maximum Gasteiger partial charge on any atom is 0.356 e. The highest BCUT2D eigenvalue weighted by Crippen LogP contribution is 2.28. The number of rotatable bonds is 5. The van der Waals surface area contributed by atoms with Crippen molar-refractivity contribution >= 4 is 26.2 Å². The SMILES string of the molecule is COC(=O)c1c(-c2ccc(S(=O)(=O)N(C)C)cc2)ccn1S(N)(=O)=O. The number of benzene rings is 1. The molecule has 0 saturated heterocycles. The summed E-state index contributed by atoms with van der Waals surface area (Å²) in [6, 6.07) is 7.03. The fraction of sp³-hybridized carbons (Fsp3) is 0.214. The van der Waals surface area contributed by atoms with Gasteiger partial charge in [-0.3, -0.25) is 0 Å². The lowest BCUT2D eigenvalue weighted by Crippen LogP contribution is -2.25. The molecule has 2 aromatic rings. The molecule has 136 valence electrons. The van der Waals surface area contributed by atoms with Crippen molar-refractivity contribution in [2.24, 2.45) is 5.14 Å². The van der Waals surface area contributed by atoms with Gasteiger partial charge in [0.25, 0.3) is 0 Å². The Bertz CT molecular complexity index is 1010. The van der Waals surface area contributed by atoms with Crippen LogP contribution in [-0.4, -0.2) is 52.3 Å². The summed E-state index contributed by atoms with van der Waals surface area (Å²) in [5.41, 5.74) is 0.406. The molecule has 2 rings (SSSR count). The molecule has 0 spiro atoms. The summed E-state index contributed by atoms with van der Waals surface area (Å²) in [5, 5.41) is 5.10. The van der Waals surface area contributed by atoms with Gasteiger partial charge in [-0.25, -0.2) is 26.6 Å². The summed E-state index contributed by atoms with van der Waals surface area (Å²) in [6.07, 6.45) is 1.13. The van der Waals surface area contributed by atoms with E-state index in [1.165, 1.54) is 44.4 Å². The summed E-state index contributed by atoms with van der Waals surface area (Å²) >= 11 is 0. The fourth-order valence-corrected chi connectivity index (χ4v) is 3.73. The first kappa shape index (κ1) is 19.1. The van der Waals surface area contributed by atoms with Gasteiger partial charge >= 0.3 is 16.2 Å². The number of carbonyl (C=O) groups is 1. The molecule has 1 aromatic carbocycles. The first-order valence-corrected chi connectivity index (χ1v) is 9.80. The Morgan fingerprint density at radius 2 is 1.64 bits per heavy atom. The first-order chi connectivity index (χ1) is 11.5. The van der Waals surface area contributed by atoms with E-state index in [-0.39, 0.29) is 16.2 Å². The van der Waals surface area contributed by atoms with Gasteiger partial charge in [-0.2, -0.15) is 8.42 Å². The van der Waals surface area contributed by atoms with E-state index in [0.717, 1.165) is 17.6 Å². The fourth-order valence-electron chi connectivity index (χ4n) is 2.17. The number of methoxy groups -OCH3 is 1. The molecular formula is C14H17N3O6S2. The zero-order chi connectivity index (χ0) is 19.0. The second kappa shape index (κ2) is 6.59. The number of esters is 1. The Balaban J connectivity index is 2.61. The van der Waals surface area contributed by atoms with Crippen molar-refractivity contribution in [1.82, 2.24) is 8.28 Å². The molecule has 9 nitrogen and oxygen atoms in total. The lowest BCUT2D eigenvalue weighted by Gasteiger charge is -2.12. The van der Waals surface area contributed by atoms with Crippen LogP contribution in [0.2, 0.25) is 0 Å². The Hall–Kier alpha value is -2.21. The van der Waals surface area contributed by atoms with Gasteiger partial charge in [-0.15, -0.1) is 0 Å². The van der Waals surface area contributed by atoms with Crippen molar-refractivity contribution in [3.63, 3.8) is 0 Å². The molecule has 0 atom stereocenters. The second-order valence-electron chi connectivity index (χ2n) is 5.22. The summed E-state index contributed by atoms with van der Waals surface area (Å²) in [4.78, 5) is 12.0. The maximum absolute atomic E-state index is 12.1. The third-order valence-electron chi connectivity index (χ3n) is 3.45. The zero-order valence-electron chi connectivity index (χ0n) is 13.7. The number of nitrogens with two attached hydrogens (primary N) is 1. The summed E-state index contributed by atoms with van der Waals surface area (Å²) in [5.74, 6) is -0.890. The van der Waals surface area contributed by atoms with E-state index in [4.69, 9.17) is 5.14 Å². The summed E-state index contributed by atoms with van der Waals surface area (Å²) in [7, 11) is -3.88. The molecular weight excluding hydrogens is 370 g/mol. The molecule has 0 amide bonds. The monoisotopic (exact) mass is 387 g/mol. The van der Waals surface area contributed by atoms with E-state index in [0.29, 0.717) is 9.54 Å². The molecule has 0 aliphatic rings. The van der Waals surface area contributed by atoms with Gasteiger partial charge in [0.1, 0.15) is 0 Å². The number of sulfonamides is 1. The van der Waals surface area contributed by atoms with Crippen molar-refractivity contribution in [2.75, 3.05) is 21.2 Å². The minimum Gasteiger partial charge on any atom is -0.464 e.